The number of amides is 1. The first-order chi connectivity index (χ1) is 6.53. The number of halogens is 1. The standard InChI is InChI=1S/C10H17FN2O/c1-10(3-2-4-10)9(14)13-5-7(11)8(12)6-13/h7-8H,2-6,12H2,1H3/t7?,8-/m1/s1. The molecule has 1 saturated carbocycles. The summed E-state index contributed by atoms with van der Waals surface area (Å²) in [4.78, 5) is 13.5. The molecule has 1 heterocycles. The third kappa shape index (κ3) is 1.41. The van der Waals surface area contributed by atoms with E-state index in [0.29, 0.717) is 6.54 Å². The van der Waals surface area contributed by atoms with Gasteiger partial charge < -0.3 is 10.6 Å². The first kappa shape index (κ1) is 9.90. The molecule has 0 radical (unpaired) electrons. The van der Waals surface area contributed by atoms with Gasteiger partial charge in [-0.15, -0.1) is 0 Å². The Morgan fingerprint density at radius 1 is 1.50 bits per heavy atom. The Morgan fingerprint density at radius 2 is 2.14 bits per heavy atom. The smallest absolute Gasteiger partial charge is 0.228 e. The van der Waals surface area contributed by atoms with Crippen LogP contribution >= 0.6 is 0 Å². The van der Waals surface area contributed by atoms with Crippen LogP contribution in [0.1, 0.15) is 26.2 Å². The van der Waals surface area contributed by atoms with E-state index in [1.54, 1.807) is 4.90 Å². The van der Waals surface area contributed by atoms with Crippen LogP contribution in [0.15, 0.2) is 0 Å². The summed E-state index contributed by atoms with van der Waals surface area (Å²) in [6, 6.07) is -0.484. The molecule has 0 spiro atoms. The topological polar surface area (TPSA) is 46.3 Å². The van der Waals surface area contributed by atoms with Crippen LogP contribution in [0.4, 0.5) is 4.39 Å². The van der Waals surface area contributed by atoms with Crippen LogP contribution in [0, 0.1) is 5.41 Å². The Labute approximate surface area is 83.4 Å². The van der Waals surface area contributed by atoms with Gasteiger partial charge in [-0.05, 0) is 12.8 Å². The van der Waals surface area contributed by atoms with Crippen molar-refractivity contribution in [3.63, 3.8) is 0 Å². The van der Waals surface area contributed by atoms with Crippen LogP contribution in [0.2, 0.25) is 0 Å². The zero-order valence-corrected chi connectivity index (χ0v) is 8.50. The SMILES string of the molecule is CC1(C(=O)N2CC(F)[C@H](N)C2)CCC1. The molecule has 2 atom stereocenters. The van der Waals surface area contributed by atoms with Gasteiger partial charge in [-0.3, -0.25) is 4.79 Å². The molecule has 2 rings (SSSR count). The van der Waals surface area contributed by atoms with Crippen molar-refractivity contribution in [1.82, 2.24) is 4.90 Å². The van der Waals surface area contributed by atoms with Gasteiger partial charge in [0.25, 0.3) is 0 Å². The highest BCUT2D eigenvalue weighted by Crippen LogP contribution is 2.42. The molecule has 4 heteroatoms. The van der Waals surface area contributed by atoms with Gasteiger partial charge in [-0.25, -0.2) is 4.39 Å². The van der Waals surface area contributed by atoms with Crippen molar-refractivity contribution in [3.8, 4) is 0 Å². The largest absolute Gasteiger partial charge is 0.338 e. The van der Waals surface area contributed by atoms with Gasteiger partial charge in [0.2, 0.25) is 5.91 Å². The molecule has 80 valence electrons. The number of nitrogens with zero attached hydrogens (tertiary/aromatic N) is 1. The second-order valence-corrected chi connectivity index (χ2v) is 4.80. The molecule has 14 heavy (non-hydrogen) atoms. The summed E-state index contributed by atoms with van der Waals surface area (Å²) in [6.07, 6.45) is 1.95. The van der Waals surface area contributed by atoms with Crippen LogP contribution in [0.5, 0.6) is 0 Å². The second kappa shape index (κ2) is 3.19. The number of rotatable bonds is 1. The average Bonchev–Trinajstić information content (AvgIpc) is 2.42. The Bertz CT molecular complexity index is 243. The highest BCUT2D eigenvalue weighted by molar-refractivity contribution is 5.83. The van der Waals surface area contributed by atoms with Crippen LogP contribution in [-0.2, 0) is 4.79 Å². The van der Waals surface area contributed by atoms with Gasteiger partial charge in [-0.1, -0.05) is 13.3 Å². The van der Waals surface area contributed by atoms with Crippen molar-refractivity contribution in [1.29, 1.82) is 0 Å². The Kier molecular flexibility index (Phi) is 2.26. The van der Waals surface area contributed by atoms with Crippen LogP contribution < -0.4 is 5.73 Å². The molecule has 0 aromatic carbocycles. The summed E-state index contributed by atoms with van der Waals surface area (Å²) < 4.78 is 13.1. The van der Waals surface area contributed by atoms with Crippen molar-refractivity contribution in [2.45, 2.75) is 38.4 Å². The number of nitrogens with two attached hydrogens (primary N) is 1. The van der Waals surface area contributed by atoms with Crippen molar-refractivity contribution >= 4 is 5.91 Å². The van der Waals surface area contributed by atoms with E-state index in [4.69, 9.17) is 5.73 Å². The normalized spacial score (nSPS) is 35.5. The summed E-state index contributed by atoms with van der Waals surface area (Å²) >= 11 is 0. The summed E-state index contributed by atoms with van der Waals surface area (Å²) in [7, 11) is 0. The molecular weight excluding hydrogens is 183 g/mol. The molecule has 3 nitrogen and oxygen atoms in total. The fourth-order valence-electron chi connectivity index (χ4n) is 2.26. The number of carbonyl (C=O) groups is 1. The molecule has 0 aromatic heterocycles. The van der Waals surface area contributed by atoms with E-state index in [0.717, 1.165) is 19.3 Å². The quantitative estimate of drug-likeness (QED) is 0.676. The lowest BCUT2D eigenvalue weighted by Crippen LogP contribution is -2.45. The van der Waals surface area contributed by atoms with Crippen molar-refractivity contribution in [3.05, 3.63) is 0 Å². The molecule has 1 amide bonds. The summed E-state index contributed by atoms with van der Waals surface area (Å²) in [5.74, 6) is 0.0966. The van der Waals surface area contributed by atoms with Gasteiger partial charge >= 0.3 is 0 Å². The van der Waals surface area contributed by atoms with Crippen LogP contribution in [-0.4, -0.2) is 36.1 Å². The monoisotopic (exact) mass is 200 g/mol. The van der Waals surface area contributed by atoms with E-state index < -0.39 is 12.2 Å². The third-order valence-corrected chi connectivity index (χ3v) is 3.55. The van der Waals surface area contributed by atoms with Gasteiger partial charge in [0, 0.05) is 12.0 Å². The molecule has 2 aliphatic rings. The van der Waals surface area contributed by atoms with Gasteiger partial charge in [0.05, 0.1) is 12.6 Å². The predicted octanol–water partition coefficient (Wildman–Crippen LogP) is 0.684. The summed E-state index contributed by atoms with van der Waals surface area (Å²) in [5.41, 5.74) is 5.32. The van der Waals surface area contributed by atoms with E-state index in [2.05, 4.69) is 0 Å². The minimum atomic E-state index is -1.04. The fraction of sp³-hybridized carbons (Fsp3) is 0.900. The van der Waals surface area contributed by atoms with Crippen LogP contribution in [0.25, 0.3) is 0 Å². The van der Waals surface area contributed by atoms with Gasteiger partial charge in [0.15, 0.2) is 0 Å². The van der Waals surface area contributed by atoms with Gasteiger partial charge in [-0.2, -0.15) is 0 Å². The molecule has 1 saturated heterocycles. The molecule has 1 unspecified atom stereocenters. The Balaban J connectivity index is 1.99. The first-order valence-electron chi connectivity index (χ1n) is 5.22. The predicted molar refractivity (Wildman–Crippen MR) is 51.4 cm³/mol. The van der Waals surface area contributed by atoms with E-state index in [-0.39, 0.29) is 17.9 Å². The summed E-state index contributed by atoms with van der Waals surface area (Å²) in [5, 5.41) is 0. The Morgan fingerprint density at radius 3 is 2.50 bits per heavy atom. The average molecular weight is 200 g/mol. The lowest BCUT2D eigenvalue weighted by atomic mass is 9.69. The fourth-order valence-corrected chi connectivity index (χ4v) is 2.26. The zero-order valence-electron chi connectivity index (χ0n) is 8.50. The highest BCUT2D eigenvalue weighted by atomic mass is 19.1. The second-order valence-electron chi connectivity index (χ2n) is 4.80. The minimum absolute atomic E-state index is 0.0966. The van der Waals surface area contributed by atoms with Gasteiger partial charge in [0.1, 0.15) is 6.17 Å². The molecule has 1 aliphatic carbocycles. The van der Waals surface area contributed by atoms with E-state index in [1.165, 1.54) is 0 Å². The number of hydrogen-bond donors (Lipinski definition) is 1. The molecule has 2 fully saturated rings. The third-order valence-electron chi connectivity index (χ3n) is 3.55. The highest BCUT2D eigenvalue weighted by Gasteiger charge is 2.45. The van der Waals surface area contributed by atoms with E-state index >= 15 is 0 Å². The van der Waals surface area contributed by atoms with Crippen molar-refractivity contribution in [2.24, 2.45) is 11.1 Å². The number of carbonyl (C=O) groups excluding carboxylic acids is 1. The minimum Gasteiger partial charge on any atom is -0.338 e. The van der Waals surface area contributed by atoms with Crippen LogP contribution in [0.3, 0.4) is 0 Å². The molecule has 0 aromatic rings. The molecule has 0 bridgehead atoms. The first-order valence-corrected chi connectivity index (χ1v) is 5.22. The Hall–Kier alpha value is -0.640. The maximum absolute atomic E-state index is 13.1. The van der Waals surface area contributed by atoms with Crippen molar-refractivity contribution < 1.29 is 9.18 Å². The van der Waals surface area contributed by atoms with E-state index in [9.17, 15) is 9.18 Å². The number of likely N-dealkylation sites (tertiary alicyclic amines) is 1. The maximum Gasteiger partial charge on any atom is 0.228 e. The lowest BCUT2D eigenvalue weighted by molar-refractivity contribution is -0.145. The number of alkyl halides is 1. The summed E-state index contributed by atoms with van der Waals surface area (Å²) in [6.45, 7) is 2.54. The molecule has 1 aliphatic heterocycles. The maximum atomic E-state index is 13.1. The lowest BCUT2D eigenvalue weighted by Gasteiger charge is -2.39. The number of hydrogen-bond acceptors (Lipinski definition) is 2. The molecule has 2 N–H and O–H groups in total. The van der Waals surface area contributed by atoms with E-state index in [1.807, 2.05) is 6.92 Å². The van der Waals surface area contributed by atoms with Crippen molar-refractivity contribution in [2.75, 3.05) is 13.1 Å². The molecular formula is C10H17FN2O. The zero-order chi connectivity index (χ0) is 10.3.